The highest BCUT2D eigenvalue weighted by Crippen LogP contribution is 2.30. The zero-order chi connectivity index (χ0) is 23.2. The summed E-state index contributed by atoms with van der Waals surface area (Å²) in [5, 5.41) is 7.14. The third kappa shape index (κ3) is 4.33. The van der Waals surface area contributed by atoms with Gasteiger partial charge in [-0.25, -0.2) is 18.1 Å². The van der Waals surface area contributed by atoms with Crippen molar-refractivity contribution in [3.05, 3.63) is 64.8 Å². The molecule has 0 aliphatic carbocycles. The summed E-state index contributed by atoms with van der Waals surface area (Å²) in [6.45, 7) is 1.56. The van der Waals surface area contributed by atoms with Crippen LogP contribution >= 0.6 is 11.3 Å². The molecule has 0 spiro atoms. The summed E-state index contributed by atoms with van der Waals surface area (Å²) < 4.78 is 27.0. The maximum atomic E-state index is 13.0. The third-order valence-corrected chi connectivity index (χ3v) is 8.47. The normalized spacial score (nSPS) is 17.4. The van der Waals surface area contributed by atoms with Gasteiger partial charge in [-0.2, -0.15) is 5.10 Å². The molecule has 0 radical (unpaired) electrons. The van der Waals surface area contributed by atoms with Crippen molar-refractivity contribution in [3.63, 3.8) is 0 Å². The van der Waals surface area contributed by atoms with E-state index in [-0.39, 0.29) is 29.7 Å². The van der Waals surface area contributed by atoms with Crippen molar-refractivity contribution in [2.75, 3.05) is 16.8 Å². The summed E-state index contributed by atoms with van der Waals surface area (Å²) in [6.07, 6.45) is 1.83. The summed E-state index contributed by atoms with van der Waals surface area (Å²) in [5.74, 6) is 0.111. The molecule has 1 atom stereocenters. The molecule has 4 heterocycles. The number of sulfone groups is 1. The molecule has 170 valence electrons. The van der Waals surface area contributed by atoms with Crippen LogP contribution in [0, 0.1) is 6.92 Å². The Labute approximate surface area is 193 Å². The highest BCUT2D eigenvalue weighted by atomic mass is 32.2. The van der Waals surface area contributed by atoms with Gasteiger partial charge in [-0.3, -0.25) is 14.2 Å². The Morgan fingerprint density at radius 1 is 1.24 bits per heavy atom. The molecule has 1 aliphatic rings. The first-order chi connectivity index (χ1) is 15.8. The Kier molecular flexibility index (Phi) is 5.37. The van der Waals surface area contributed by atoms with Gasteiger partial charge in [0.15, 0.2) is 9.84 Å². The smallest absolute Gasteiger partial charge is 0.271 e. The Hall–Kier alpha value is -3.31. The summed E-state index contributed by atoms with van der Waals surface area (Å²) in [5.41, 5.74) is 1.98. The number of amides is 1. The summed E-state index contributed by atoms with van der Waals surface area (Å²) in [6, 6.07) is 13.0. The minimum atomic E-state index is -3.10. The van der Waals surface area contributed by atoms with Crippen LogP contribution in [0.2, 0.25) is 0 Å². The molecule has 1 saturated heterocycles. The van der Waals surface area contributed by atoms with Gasteiger partial charge in [-0.15, -0.1) is 11.3 Å². The van der Waals surface area contributed by atoms with E-state index in [1.807, 2.05) is 36.4 Å². The minimum absolute atomic E-state index is 0.000832. The van der Waals surface area contributed by atoms with Crippen LogP contribution in [0.4, 0.5) is 5.82 Å². The fourth-order valence-corrected chi connectivity index (χ4v) is 6.75. The van der Waals surface area contributed by atoms with Gasteiger partial charge in [0.25, 0.3) is 5.56 Å². The van der Waals surface area contributed by atoms with Gasteiger partial charge in [-0.05, 0) is 25.0 Å². The first-order valence-corrected chi connectivity index (χ1v) is 13.0. The lowest BCUT2D eigenvalue weighted by Gasteiger charge is -2.14. The predicted molar refractivity (Wildman–Crippen MR) is 127 cm³/mol. The van der Waals surface area contributed by atoms with Gasteiger partial charge >= 0.3 is 0 Å². The number of thiophene rings is 1. The van der Waals surface area contributed by atoms with Gasteiger partial charge in [-0.1, -0.05) is 30.3 Å². The van der Waals surface area contributed by atoms with E-state index < -0.39 is 15.7 Å². The van der Waals surface area contributed by atoms with Crippen molar-refractivity contribution in [3.8, 4) is 10.4 Å². The topological polar surface area (TPSA) is 116 Å². The number of rotatable bonds is 5. The Bertz CT molecular complexity index is 1520. The number of hydrogen-bond acceptors (Lipinski definition) is 7. The largest absolute Gasteiger partial charge is 0.309 e. The predicted octanol–water partition coefficient (Wildman–Crippen LogP) is 2.63. The number of fused-ring (bicyclic) bond motifs is 1. The fourth-order valence-electron chi connectivity index (χ4n) is 4.00. The van der Waals surface area contributed by atoms with Gasteiger partial charge in [0.1, 0.15) is 17.1 Å². The van der Waals surface area contributed by atoms with E-state index in [1.165, 1.54) is 22.2 Å². The molecule has 0 bridgehead atoms. The highest BCUT2D eigenvalue weighted by Gasteiger charge is 2.31. The Balaban J connectivity index is 1.37. The van der Waals surface area contributed by atoms with E-state index >= 15 is 0 Å². The standard InChI is InChI=1S/C22H21N5O4S2/c1-14-9-19(27(25-14)16-7-8-33(30,31)12-16)24-20(28)11-26-13-23-17-10-18(32-21(17)22(26)29)15-5-3-2-4-6-15/h2-6,9-10,13,16H,7-8,11-12H2,1H3,(H,24,28). The second-order valence-corrected chi connectivity index (χ2v) is 11.4. The number of aromatic nitrogens is 4. The van der Waals surface area contributed by atoms with Gasteiger partial charge < -0.3 is 5.32 Å². The van der Waals surface area contributed by atoms with Crippen LogP contribution in [-0.2, 0) is 21.2 Å². The monoisotopic (exact) mass is 483 g/mol. The number of aryl methyl sites for hydroxylation is 1. The SMILES string of the molecule is Cc1cc(NC(=O)Cn2cnc3cc(-c4ccccc4)sc3c2=O)n(C2CCS(=O)(=O)C2)n1. The first-order valence-electron chi connectivity index (χ1n) is 10.4. The van der Waals surface area contributed by atoms with Gasteiger partial charge in [0.2, 0.25) is 5.91 Å². The number of nitrogens with zero attached hydrogens (tertiary/aromatic N) is 4. The van der Waals surface area contributed by atoms with Gasteiger partial charge in [0, 0.05) is 10.9 Å². The second kappa shape index (κ2) is 8.23. The Morgan fingerprint density at radius 3 is 2.76 bits per heavy atom. The molecule has 1 amide bonds. The molecular weight excluding hydrogens is 462 g/mol. The molecule has 0 saturated carbocycles. The maximum Gasteiger partial charge on any atom is 0.271 e. The molecule has 9 nitrogen and oxygen atoms in total. The minimum Gasteiger partial charge on any atom is -0.309 e. The average Bonchev–Trinajstić information content (AvgIpc) is 3.47. The zero-order valence-electron chi connectivity index (χ0n) is 17.8. The molecule has 33 heavy (non-hydrogen) atoms. The van der Waals surface area contributed by atoms with Crippen molar-refractivity contribution >= 4 is 43.1 Å². The zero-order valence-corrected chi connectivity index (χ0v) is 19.4. The molecule has 4 aromatic rings. The van der Waals surface area contributed by atoms with E-state index in [4.69, 9.17) is 0 Å². The van der Waals surface area contributed by atoms with E-state index in [2.05, 4.69) is 15.4 Å². The van der Waals surface area contributed by atoms with Crippen molar-refractivity contribution in [2.24, 2.45) is 0 Å². The number of anilines is 1. The number of hydrogen-bond donors (Lipinski definition) is 1. The van der Waals surface area contributed by atoms with E-state index in [0.29, 0.717) is 28.1 Å². The van der Waals surface area contributed by atoms with Crippen LogP contribution in [0.25, 0.3) is 20.7 Å². The van der Waals surface area contributed by atoms with Crippen LogP contribution in [0.3, 0.4) is 0 Å². The number of carbonyl (C=O) groups is 1. The molecule has 1 aromatic carbocycles. The fraction of sp³-hybridized carbons (Fsp3) is 0.273. The van der Waals surface area contributed by atoms with Crippen molar-refractivity contribution in [1.29, 1.82) is 0 Å². The van der Waals surface area contributed by atoms with Crippen molar-refractivity contribution < 1.29 is 13.2 Å². The summed E-state index contributed by atoms with van der Waals surface area (Å²) in [7, 11) is -3.10. The average molecular weight is 484 g/mol. The van der Waals surface area contributed by atoms with Crippen molar-refractivity contribution in [2.45, 2.75) is 25.9 Å². The van der Waals surface area contributed by atoms with E-state index in [0.717, 1.165) is 10.4 Å². The van der Waals surface area contributed by atoms with Gasteiger partial charge in [0.05, 0.1) is 35.1 Å². The maximum absolute atomic E-state index is 13.0. The number of benzene rings is 1. The quantitative estimate of drug-likeness (QED) is 0.467. The van der Waals surface area contributed by atoms with Crippen molar-refractivity contribution in [1.82, 2.24) is 19.3 Å². The molecule has 1 N–H and O–H groups in total. The van der Waals surface area contributed by atoms with Crippen LogP contribution < -0.4 is 10.9 Å². The van der Waals surface area contributed by atoms with E-state index in [1.54, 1.807) is 17.7 Å². The van der Waals surface area contributed by atoms with Crippen LogP contribution in [0.15, 0.2) is 53.6 Å². The number of carbonyl (C=O) groups excluding carboxylic acids is 1. The lowest BCUT2D eigenvalue weighted by atomic mass is 10.2. The number of nitrogens with one attached hydrogen (secondary N) is 1. The molecule has 1 unspecified atom stereocenters. The third-order valence-electron chi connectivity index (χ3n) is 5.56. The highest BCUT2D eigenvalue weighted by molar-refractivity contribution is 7.91. The van der Waals surface area contributed by atoms with E-state index in [9.17, 15) is 18.0 Å². The molecule has 1 aliphatic heterocycles. The summed E-state index contributed by atoms with van der Waals surface area (Å²) >= 11 is 1.35. The van der Waals surface area contributed by atoms with Crippen LogP contribution in [0.1, 0.15) is 18.2 Å². The molecule has 3 aromatic heterocycles. The van der Waals surface area contributed by atoms with Crippen LogP contribution in [0.5, 0.6) is 0 Å². The summed E-state index contributed by atoms with van der Waals surface area (Å²) in [4.78, 5) is 31.0. The molecule has 11 heteroatoms. The first kappa shape index (κ1) is 21.5. The molecular formula is C22H21N5O4S2. The molecule has 1 fully saturated rings. The lowest BCUT2D eigenvalue weighted by Crippen LogP contribution is -2.28. The van der Waals surface area contributed by atoms with Crippen LogP contribution in [-0.4, -0.2) is 45.2 Å². The Morgan fingerprint density at radius 2 is 2.03 bits per heavy atom. The second-order valence-electron chi connectivity index (χ2n) is 8.09. The molecule has 5 rings (SSSR count). The lowest BCUT2D eigenvalue weighted by molar-refractivity contribution is -0.116.